The Morgan fingerprint density at radius 1 is 1.16 bits per heavy atom. The van der Waals surface area contributed by atoms with Gasteiger partial charge in [0.25, 0.3) is 0 Å². The predicted molar refractivity (Wildman–Crippen MR) is 132 cm³/mol. The molecule has 1 fully saturated rings. The normalized spacial score (nSPS) is 17.7. The zero-order valence-corrected chi connectivity index (χ0v) is 19.5. The highest BCUT2D eigenvalue weighted by Gasteiger charge is 2.25. The van der Waals surface area contributed by atoms with E-state index in [9.17, 15) is 9.18 Å². The summed E-state index contributed by atoms with van der Waals surface area (Å²) in [7, 11) is 0. The number of thioether (sulfide) groups is 1. The van der Waals surface area contributed by atoms with Gasteiger partial charge in [-0.2, -0.15) is 0 Å². The zero-order valence-electron chi connectivity index (χ0n) is 18.7. The van der Waals surface area contributed by atoms with Crippen LogP contribution in [0.2, 0.25) is 0 Å². The Labute approximate surface area is 194 Å². The molecule has 6 heteroatoms. The molecule has 1 heterocycles. The molecule has 2 aliphatic rings. The quantitative estimate of drug-likeness (QED) is 0.617. The van der Waals surface area contributed by atoms with Gasteiger partial charge in [-0.15, -0.1) is 11.8 Å². The van der Waals surface area contributed by atoms with E-state index in [2.05, 4.69) is 52.1 Å². The SMILES string of the molecule is CSc1ccc(/C=C2/C(C)=C(CC(=O)NCCN3CCNCC3)c3cc(F)ccc32)cc1. The summed E-state index contributed by atoms with van der Waals surface area (Å²) < 4.78 is 14.1. The molecule has 2 aromatic carbocycles. The number of piperazine rings is 1. The highest BCUT2D eigenvalue weighted by molar-refractivity contribution is 7.98. The molecule has 2 N–H and O–H groups in total. The summed E-state index contributed by atoms with van der Waals surface area (Å²) in [5.41, 5.74) is 5.91. The van der Waals surface area contributed by atoms with Gasteiger partial charge in [0.15, 0.2) is 0 Å². The highest BCUT2D eigenvalue weighted by Crippen LogP contribution is 2.43. The molecular weight excluding hydrogens is 421 g/mol. The molecule has 4 rings (SSSR count). The summed E-state index contributed by atoms with van der Waals surface area (Å²) in [6.07, 6.45) is 4.45. The molecule has 0 bridgehead atoms. The first-order valence-electron chi connectivity index (χ1n) is 11.1. The molecule has 0 atom stereocenters. The number of allylic oxidation sites excluding steroid dienone is 2. The summed E-state index contributed by atoms with van der Waals surface area (Å²) in [4.78, 5) is 16.3. The number of amides is 1. The fourth-order valence-corrected chi connectivity index (χ4v) is 4.77. The van der Waals surface area contributed by atoms with Gasteiger partial charge in [0.1, 0.15) is 5.82 Å². The van der Waals surface area contributed by atoms with E-state index in [1.54, 1.807) is 17.8 Å². The maximum Gasteiger partial charge on any atom is 0.224 e. The first-order valence-corrected chi connectivity index (χ1v) is 12.3. The average molecular weight is 452 g/mol. The maximum absolute atomic E-state index is 14.1. The van der Waals surface area contributed by atoms with Crippen LogP contribution in [0.25, 0.3) is 17.2 Å². The van der Waals surface area contributed by atoms with Gasteiger partial charge in [-0.1, -0.05) is 18.2 Å². The van der Waals surface area contributed by atoms with E-state index in [-0.39, 0.29) is 18.1 Å². The van der Waals surface area contributed by atoms with Crippen LogP contribution in [0.15, 0.2) is 52.9 Å². The van der Waals surface area contributed by atoms with Crippen LogP contribution in [0.1, 0.15) is 30.0 Å². The summed E-state index contributed by atoms with van der Waals surface area (Å²) in [5, 5.41) is 6.39. The van der Waals surface area contributed by atoms with Crippen molar-refractivity contribution in [2.75, 3.05) is 45.5 Å². The van der Waals surface area contributed by atoms with Crippen molar-refractivity contribution in [1.29, 1.82) is 0 Å². The molecule has 0 radical (unpaired) electrons. The molecule has 32 heavy (non-hydrogen) atoms. The van der Waals surface area contributed by atoms with Crippen molar-refractivity contribution in [2.45, 2.75) is 18.2 Å². The molecule has 168 valence electrons. The molecule has 0 spiro atoms. The monoisotopic (exact) mass is 451 g/mol. The van der Waals surface area contributed by atoms with E-state index < -0.39 is 0 Å². The lowest BCUT2D eigenvalue weighted by Gasteiger charge is -2.27. The maximum atomic E-state index is 14.1. The number of fused-ring (bicyclic) bond motifs is 1. The molecule has 1 aliphatic carbocycles. The van der Waals surface area contributed by atoms with Gasteiger partial charge in [-0.3, -0.25) is 9.69 Å². The predicted octanol–water partition coefficient (Wildman–Crippen LogP) is 4.29. The third-order valence-electron chi connectivity index (χ3n) is 6.18. The minimum atomic E-state index is -0.279. The van der Waals surface area contributed by atoms with E-state index in [0.29, 0.717) is 6.54 Å². The van der Waals surface area contributed by atoms with Crippen LogP contribution >= 0.6 is 11.8 Å². The van der Waals surface area contributed by atoms with Crippen molar-refractivity contribution in [3.05, 3.63) is 70.5 Å². The Hall–Kier alpha value is -2.41. The molecule has 1 saturated heterocycles. The Morgan fingerprint density at radius 2 is 1.91 bits per heavy atom. The average Bonchev–Trinajstić information content (AvgIpc) is 3.05. The van der Waals surface area contributed by atoms with Crippen molar-refractivity contribution >= 4 is 34.9 Å². The number of hydrogen-bond donors (Lipinski definition) is 2. The van der Waals surface area contributed by atoms with E-state index in [1.807, 2.05) is 13.0 Å². The molecule has 2 aromatic rings. The van der Waals surface area contributed by atoms with Gasteiger partial charge in [0, 0.05) is 44.2 Å². The Kier molecular flexibility index (Phi) is 7.45. The molecule has 0 saturated carbocycles. The van der Waals surface area contributed by atoms with Gasteiger partial charge >= 0.3 is 0 Å². The summed E-state index contributed by atoms with van der Waals surface area (Å²) in [6, 6.07) is 13.3. The third kappa shape index (κ3) is 5.31. The first-order chi connectivity index (χ1) is 15.5. The van der Waals surface area contributed by atoms with Gasteiger partial charge < -0.3 is 10.6 Å². The van der Waals surface area contributed by atoms with Crippen LogP contribution in [-0.4, -0.2) is 56.3 Å². The first kappa shape index (κ1) is 22.8. The number of carbonyl (C=O) groups is 1. The lowest BCUT2D eigenvalue weighted by molar-refractivity contribution is -0.120. The second kappa shape index (κ2) is 10.5. The van der Waals surface area contributed by atoms with Crippen molar-refractivity contribution in [3.63, 3.8) is 0 Å². The number of carbonyl (C=O) groups excluding carboxylic acids is 1. The van der Waals surface area contributed by atoms with Gasteiger partial charge in [-0.05, 0) is 76.9 Å². The fourth-order valence-electron chi connectivity index (χ4n) is 4.36. The second-order valence-electron chi connectivity index (χ2n) is 8.24. The second-order valence-corrected chi connectivity index (χ2v) is 9.12. The number of rotatable bonds is 7. The van der Waals surface area contributed by atoms with Gasteiger partial charge in [0.2, 0.25) is 5.91 Å². The molecule has 1 aliphatic heterocycles. The van der Waals surface area contributed by atoms with Crippen LogP contribution in [0.4, 0.5) is 4.39 Å². The van der Waals surface area contributed by atoms with Crippen molar-refractivity contribution < 1.29 is 9.18 Å². The molecule has 4 nitrogen and oxygen atoms in total. The van der Waals surface area contributed by atoms with Gasteiger partial charge in [0.05, 0.1) is 6.42 Å². The zero-order chi connectivity index (χ0) is 22.5. The molecule has 0 aromatic heterocycles. The smallest absolute Gasteiger partial charge is 0.224 e. The minimum Gasteiger partial charge on any atom is -0.355 e. The van der Waals surface area contributed by atoms with E-state index >= 15 is 0 Å². The number of benzene rings is 2. The summed E-state index contributed by atoms with van der Waals surface area (Å²) in [5.74, 6) is -0.297. The highest BCUT2D eigenvalue weighted by atomic mass is 32.2. The molecule has 0 unspecified atom stereocenters. The minimum absolute atomic E-state index is 0.0183. The van der Waals surface area contributed by atoms with Crippen LogP contribution in [-0.2, 0) is 4.79 Å². The molecular formula is C26H30FN3OS. The topological polar surface area (TPSA) is 44.4 Å². The summed E-state index contributed by atoms with van der Waals surface area (Å²) in [6.45, 7) is 7.54. The van der Waals surface area contributed by atoms with Crippen molar-refractivity contribution in [3.8, 4) is 0 Å². The number of halogens is 1. The Morgan fingerprint density at radius 3 is 2.62 bits per heavy atom. The standard InChI is InChI=1S/C26H30FN3OS/c1-18-23(15-19-3-6-21(32-2)7-4-19)22-8-5-20(27)16-25(22)24(18)17-26(31)29-11-14-30-12-9-28-10-13-30/h3-8,15-16,28H,9-14,17H2,1-2H3,(H,29,31)/b23-15-. The number of nitrogens with zero attached hydrogens (tertiary/aromatic N) is 1. The Bertz CT molecular complexity index is 1040. The summed E-state index contributed by atoms with van der Waals surface area (Å²) >= 11 is 1.71. The van der Waals surface area contributed by atoms with Crippen LogP contribution < -0.4 is 10.6 Å². The molecule has 1 amide bonds. The Balaban J connectivity index is 1.51. The van der Waals surface area contributed by atoms with Crippen LogP contribution in [0.5, 0.6) is 0 Å². The van der Waals surface area contributed by atoms with Crippen molar-refractivity contribution in [1.82, 2.24) is 15.5 Å². The number of hydrogen-bond acceptors (Lipinski definition) is 4. The van der Waals surface area contributed by atoms with E-state index in [1.165, 1.54) is 11.0 Å². The lowest BCUT2D eigenvalue weighted by atomic mass is 10.0. The fraction of sp³-hybridized carbons (Fsp3) is 0.346. The van der Waals surface area contributed by atoms with Crippen molar-refractivity contribution in [2.24, 2.45) is 0 Å². The lowest BCUT2D eigenvalue weighted by Crippen LogP contribution is -2.46. The third-order valence-corrected chi connectivity index (χ3v) is 6.92. The van der Waals surface area contributed by atoms with Gasteiger partial charge in [-0.25, -0.2) is 4.39 Å². The number of nitrogens with one attached hydrogen (secondary N) is 2. The van der Waals surface area contributed by atoms with Crippen LogP contribution in [0.3, 0.4) is 0 Å². The van der Waals surface area contributed by atoms with Crippen LogP contribution in [0, 0.1) is 5.82 Å². The van der Waals surface area contributed by atoms with E-state index in [4.69, 9.17) is 0 Å². The largest absolute Gasteiger partial charge is 0.355 e. The van der Waals surface area contributed by atoms with E-state index in [0.717, 1.165) is 66.1 Å².